The maximum Gasteiger partial charge on any atom is 0.272 e. The zero-order valence-electron chi connectivity index (χ0n) is 10.3. The Hall–Kier alpha value is -2.62. The van der Waals surface area contributed by atoms with Crippen molar-refractivity contribution in [3.63, 3.8) is 0 Å². The largest absolute Gasteiger partial charge is 0.507 e. The number of aromatic hydroxyl groups is 1. The number of nitrogens with one attached hydrogen (secondary N) is 1. The van der Waals surface area contributed by atoms with E-state index in [1.54, 1.807) is 18.3 Å². The summed E-state index contributed by atoms with van der Waals surface area (Å²) in [5.41, 5.74) is 2.39. The van der Waals surface area contributed by atoms with Crippen LogP contribution in [0.2, 0.25) is 0 Å². The lowest BCUT2D eigenvalue weighted by Gasteiger charge is -2.06. The van der Waals surface area contributed by atoms with Gasteiger partial charge in [-0.25, -0.2) is 5.10 Å². The molecule has 4 nitrogen and oxygen atoms in total. The molecule has 0 fully saturated rings. The minimum absolute atomic E-state index is 0.211. The van der Waals surface area contributed by atoms with E-state index in [4.69, 9.17) is 0 Å². The molecule has 3 rings (SSSR count). The Morgan fingerprint density at radius 2 is 2.00 bits per heavy atom. The first kappa shape index (κ1) is 11.5. The zero-order chi connectivity index (χ0) is 13.4. The number of hydrogen-bond acceptors (Lipinski definition) is 3. The average molecular weight is 252 g/mol. The molecule has 3 aromatic rings. The number of phenols is 1. The molecule has 0 aliphatic carbocycles. The van der Waals surface area contributed by atoms with Crippen molar-refractivity contribution < 1.29 is 5.11 Å². The summed E-state index contributed by atoms with van der Waals surface area (Å²) >= 11 is 0. The van der Waals surface area contributed by atoms with Gasteiger partial charge < -0.3 is 5.11 Å². The molecule has 2 aromatic carbocycles. The summed E-state index contributed by atoms with van der Waals surface area (Å²) in [6.45, 7) is 1.92. The Kier molecular flexibility index (Phi) is 2.56. The lowest BCUT2D eigenvalue weighted by molar-refractivity contribution is 0.477. The number of aromatic amines is 1. The number of rotatable bonds is 1. The Balaban J connectivity index is 2.23. The van der Waals surface area contributed by atoms with Crippen LogP contribution in [0, 0.1) is 6.92 Å². The van der Waals surface area contributed by atoms with Crippen molar-refractivity contribution in [3.05, 3.63) is 58.5 Å². The summed E-state index contributed by atoms with van der Waals surface area (Å²) < 4.78 is 0. The van der Waals surface area contributed by atoms with E-state index in [0.29, 0.717) is 5.39 Å². The van der Waals surface area contributed by atoms with Gasteiger partial charge in [0.05, 0.1) is 11.6 Å². The van der Waals surface area contributed by atoms with Gasteiger partial charge in [0, 0.05) is 10.9 Å². The Morgan fingerprint density at radius 3 is 2.79 bits per heavy atom. The number of benzene rings is 2. The first-order chi connectivity index (χ1) is 9.15. The van der Waals surface area contributed by atoms with Gasteiger partial charge in [0.2, 0.25) is 0 Å². The van der Waals surface area contributed by atoms with E-state index in [-0.39, 0.29) is 11.3 Å². The Morgan fingerprint density at radius 1 is 1.16 bits per heavy atom. The van der Waals surface area contributed by atoms with E-state index >= 15 is 0 Å². The molecule has 0 bridgehead atoms. The van der Waals surface area contributed by atoms with E-state index in [0.717, 1.165) is 22.1 Å². The van der Waals surface area contributed by atoms with Crippen LogP contribution in [0.1, 0.15) is 5.56 Å². The average Bonchev–Trinajstić information content (AvgIpc) is 2.38. The highest BCUT2D eigenvalue weighted by Gasteiger charge is 2.06. The number of phenolic OH excluding ortho intramolecular Hbond substituents is 1. The lowest BCUT2D eigenvalue weighted by Crippen LogP contribution is -2.06. The highest BCUT2D eigenvalue weighted by atomic mass is 16.3. The molecule has 94 valence electrons. The Bertz CT molecular complexity index is 822. The number of hydrogen-bond donors (Lipinski definition) is 2. The maximum atomic E-state index is 11.6. The van der Waals surface area contributed by atoms with Crippen molar-refractivity contribution in [2.75, 3.05) is 0 Å². The minimum Gasteiger partial charge on any atom is -0.507 e. The van der Waals surface area contributed by atoms with Crippen molar-refractivity contribution in [2.45, 2.75) is 6.92 Å². The minimum atomic E-state index is -0.211. The predicted octanol–water partition coefficient (Wildman–Crippen LogP) is 2.60. The second-order valence-electron chi connectivity index (χ2n) is 4.52. The van der Waals surface area contributed by atoms with Crippen LogP contribution in [-0.2, 0) is 0 Å². The second kappa shape index (κ2) is 4.24. The first-order valence-electron chi connectivity index (χ1n) is 5.92. The molecule has 1 aromatic heterocycles. The molecule has 0 spiro atoms. The van der Waals surface area contributed by atoms with Crippen molar-refractivity contribution in [1.82, 2.24) is 10.2 Å². The molecule has 2 N–H and O–H groups in total. The van der Waals surface area contributed by atoms with E-state index < -0.39 is 0 Å². The van der Waals surface area contributed by atoms with Gasteiger partial charge in [0.1, 0.15) is 5.75 Å². The van der Waals surface area contributed by atoms with Crippen LogP contribution in [0.4, 0.5) is 0 Å². The molecular weight excluding hydrogens is 240 g/mol. The summed E-state index contributed by atoms with van der Waals surface area (Å²) in [7, 11) is 0. The van der Waals surface area contributed by atoms with Crippen LogP contribution in [0.3, 0.4) is 0 Å². The molecule has 0 unspecified atom stereocenters. The molecule has 0 atom stereocenters. The van der Waals surface area contributed by atoms with E-state index in [1.807, 2.05) is 31.2 Å². The van der Waals surface area contributed by atoms with Gasteiger partial charge in [0.15, 0.2) is 0 Å². The maximum absolute atomic E-state index is 11.6. The normalized spacial score (nSPS) is 10.8. The van der Waals surface area contributed by atoms with E-state index in [2.05, 4.69) is 10.2 Å². The van der Waals surface area contributed by atoms with Gasteiger partial charge in [-0.15, -0.1) is 0 Å². The number of H-pyrrole nitrogens is 1. The molecule has 0 saturated heterocycles. The van der Waals surface area contributed by atoms with Gasteiger partial charge in [-0.2, -0.15) is 5.10 Å². The van der Waals surface area contributed by atoms with Crippen molar-refractivity contribution in [2.24, 2.45) is 0 Å². The second-order valence-corrected chi connectivity index (χ2v) is 4.52. The standard InChI is InChI=1S/C15H12N2O2/c1-9-2-4-12(14(18)6-9)10-3-5-13-11(7-10)8-16-17-15(13)19/h2-8,18H,1H3,(H,17,19). The molecule has 0 aliphatic heterocycles. The third kappa shape index (κ3) is 1.97. The van der Waals surface area contributed by atoms with E-state index in [9.17, 15) is 9.90 Å². The molecule has 0 radical (unpaired) electrons. The fourth-order valence-corrected chi connectivity index (χ4v) is 2.15. The summed E-state index contributed by atoms with van der Waals surface area (Å²) in [6, 6.07) is 10.9. The van der Waals surface area contributed by atoms with E-state index in [1.165, 1.54) is 0 Å². The van der Waals surface area contributed by atoms with Gasteiger partial charge in [-0.1, -0.05) is 18.2 Å². The monoisotopic (exact) mass is 252 g/mol. The zero-order valence-corrected chi connectivity index (χ0v) is 10.3. The SMILES string of the molecule is Cc1ccc(-c2ccc3c(=O)[nH]ncc3c2)c(O)c1. The summed E-state index contributed by atoms with van der Waals surface area (Å²) in [5, 5.41) is 17.5. The molecule has 0 amide bonds. The third-order valence-electron chi connectivity index (χ3n) is 3.13. The van der Waals surface area contributed by atoms with Gasteiger partial charge in [-0.3, -0.25) is 4.79 Å². The third-order valence-corrected chi connectivity index (χ3v) is 3.13. The van der Waals surface area contributed by atoms with Gasteiger partial charge >= 0.3 is 0 Å². The highest BCUT2D eigenvalue weighted by Crippen LogP contribution is 2.31. The molecule has 0 saturated carbocycles. The van der Waals surface area contributed by atoms with Crippen molar-refractivity contribution in [1.29, 1.82) is 0 Å². The smallest absolute Gasteiger partial charge is 0.272 e. The van der Waals surface area contributed by atoms with Crippen LogP contribution < -0.4 is 5.56 Å². The number of aryl methyl sites for hydroxylation is 1. The summed E-state index contributed by atoms with van der Waals surface area (Å²) in [5.74, 6) is 0.233. The molecular formula is C15H12N2O2. The van der Waals surface area contributed by atoms with Crippen LogP contribution in [-0.4, -0.2) is 15.3 Å². The van der Waals surface area contributed by atoms with Crippen LogP contribution in [0.25, 0.3) is 21.9 Å². The fourth-order valence-electron chi connectivity index (χ4n) is 2.15. The first-order valence-corrected chi connectivity index (χ1v) is 5.92. The van der Waals surface area contributed by atoms with Crippen molar-refractivity contribution in [3.8, 4) is 16.9 Å². The Labute approximate surface area is 109 Å². The van der Waals surface area contributed by atoms with Crippen molar-refractivity contribution >= 4 is 10.8 Å². The summed E-state index contributed by atoms with van der Waals surface area (Å²) in [4.78, 5) is 11.6. The van der Waals surface area contributed by atoms with Gasteiger partial charge in [-0.05, 0) is 36.2 Å². The fraction of sp³-hybridized carbons (Fsp3) is 0.0667. The quantitative estimate of drug-likeness (QED) is 0.699. The number of aromatic nitrogens is 2. The predicted molar refractivity (Wildman–Crippen MR) is 74.2 cm³/mol. The summed E-state index contributed by atoms with van der Waals surface area (Å²) in [6.07, 6.45) is 1.60. The van der Waals surface area contributed by atoms with Crippen LogP contribution >= 0.6 is 0 Å². The molecule has 19 heavy (non-hydrogen) atoms. The molecule has 4 heteroatoms. The molecule has 0 aliphatic rings. The number of nitrogens with zero attached hydrogens (tertiary/aromatic N) is 1. The van der Waals surface area contributed by atoms with Gasteiger partial charge in [0.25, 0.3) is 5.56 Å². The number of fused-ring (bicyclic) bond motifs is 1. The van der Waals surface area contributed by atoms with Crippen LogP contribution in [0.15, 0.2) is 47.4 Å². The van der Waals surface area contributed by atoms with Crippen LogP contribution in [0.5, 0.6) is 5.75 Å². The lowest BCUT2D eigenvalue weighted by atomic mass is 10.0. The highest BCUT2D eigenvalue weighted by molar-refractivity contribution is 5.87. The molecule has 1 heterocycles. The topological polar surface area (TPSA) is 66.0 Å².